The van der Waals surface area contributed by atoms with Crippen LogP contribution in [0.5, 0.6) is 0 Å². The summed E-state index contributed by atoms with van der Waals surface area (Å²) in [7, 11) is 2.05. The number of hydrogen-bond acceptors (Lipinski definition) is 1. The van der Waals surface area contributed by atoms with Gasteiger partial charge >= 0.3 is 0 Å². The van der Waals surface area contributed by atoms with Gasteiger partial charge in [-0.05, 0) is 31.9 Å². The van der Waals surface area contributed by atoms with Crippen LogP contribution in [0.4, 0.5) is 0 Å². The third-order valence-corrected chi connectivity index (χ3v) is 3.70. The summed E-state index contributed by atoms with van der Waals surface area (Å²) in [5, 5.41) is 3.79. The molecule has 1 saturated carbocycles. The lowest BCUT2D eigenvalue weighted by Crippen LogP contribution is -3.12. The molecule has 98 valence electrons. The lowest BCUT2D eigenvalue weighted by molar-refractivity contribution is -0.908. The van der Waals surface area contributed by atoms with E-state index in [0.717, 1.165) is 24.4 Å². The highest BCUT2D eigenvalue weighted by Gasteiger charge is 2.29. The number of likely N-dealkylation sites (N-methyl/N-ethyl adjacent to an activating group) is 1. The molecule has 18 heavy (non-hydrogen) atoms. The molecule has 1 unspecified atom stereocenters. The predicted octanol–water partition coefficient (Wildman–Crippen LogP) is 1.02. The Balaban J connectivity index is 1.87. The minimum Gasteiger partial charge on any atom is -0.348 e. The molecule has 4 heteroatoms. The largest absolute Gasteiger partial charge is 0.348 e. The lowest BCUT2D eigenvalue weighted by Gasteiger charge is -2.21. The number of amides is 1. The quantitative estimate of drug-likeness (QED) is 0.821. The van der Waals surface area contributed by atoms with Crippen molar-refractivity contribution < 1.29 is 9.69 Å². The fourth-order valence-corrected chi connectivity index (χ4v) is 1.98. The van der Waals surface area contributed by atoms with Crippen LogP contribution in [0.25, 0.3) is 0 Å². The fourth-order valence-electron chi connectivity index (χ4n) is 1.85. The Hall–Kier alpha value is -1.06. The number of benzene rings is 1. The number of nitrogens with one attached hydrogen (secondary N) is 2. The molecule has 1 aliphatic carbocycles. The van der Waals surface area contributed by atoms with Crippen LogP contribution in [0.2, 0.25) is 5.02 Å². The molecule has 1 fully saturated rings. The zero-order valence-electron chi connectivity index (χ0n) is 10.9. The maximum Gasteiger partial charge on any atom is 0.278 e. The van der Waals surface area contributed by atoms with Gasteiger partial charge in [0.15, 0.2) is 6.04 Å². The van der Waals surface area contributed by atoms with Crippen molar-refractivity contribution >= 4 is 17.5 Å². The molecule has 0 aromatic heterocycles. The number of hydrogen-bond donors (Lipinski definition) is 2. The molecule has 3 nitrogen and oxygen atoms in total. The minimum atomic E-state index is -0.0266. The number of rotatable bonds is 5. The van der Waals surface area contributed by atoms with Crippen molar-refractivity contribution in [2.45, 2.75) is 38.4 Å². The Morgan fingerprint density at radius 2 is 2.06 bits per heavy atom. The molecule has 0 aliphatic heterocycles. The highest BCUT2D eigenvalue weighted by atomic mass is 35.5. The average Bonchev–Trinajstić information content (AvgIpc) is 3.15. The van der Waals surface area contributed by atoms with E-state index in [1.807, 2.05) is 38.2 Å². The zero-order chi connectivity index (χ0) is 13.1. The van der Waals surface area contributed by atoms with E-state index in [4.69, 9.17) is 11.6 Å². The summed E-state index contributed by atoms with van der Waals surface area (Å²) in [4.78, 5) is 13.1. The summed E-state index contributed by atoms with van der Waals surface area (Å²) in [5.41, 5.74) is 1.20. The molecule has 1 aromatic rings. The van der Waals surface area contributed by atoms with Crippen LogP contribution in [0.3, 0.4) is 0 Å². The van der Waals surface area contributed by atoms with Gasteiger partial charge in [0, 0.05) is 16.6 Å². The van der Waals surface area contributed by atoms with Crippen LogP contribution >= 0.6 is 11.6 Å². The normalized spacial score (nSPS) is 18.2. The molecular weight excluding hydrogens is 248 g/mol. The number of carbonyl (C=O) groups excluding carboxylic acids is 1. The molecule has 0 radical (unpaired) electrons. The smallest absolute Gasteiger partial charge is 0.278 e. The third kappa shape index (κ3) is 3.72. The van der Waals surface area contributed by atoms with Gasteiger partial charge < -0.3 is 10.2 Å². The molecule has 2 atom stereocenters. The van der Waals surface area contributed by atoms with Crippen LogP contribution < -0.4 is 10.2 Å². The van der Waals surface area contributed by atoms with E-state index in [2.05, 4.69) is 5.32 Å². The maximum atomic E-state index is 11.9. The Kier molecular flexibility index (Phi) is 4.25. The molecule has 2 rings (SSSR count). The number of halogens is 1. The Morgan fingerprint density at radius 3 is 2.61 bits per heavy atom. The summed E-state index contributed by atoms with van der Waals surface area (Å²) in [6, 6.07) is 8.21. The van der Waals surface area contributed by atoms with Crippen LogP contribution in [-0.2, 0) is 11.3 Å². The first-order chi connectivity index (χ1) is 8.56. The van der Waals surface area contributed by atoms with Crippen molar-refractivity contribution in [1.29, 1.82) is 0 Å². The number of quaternary nitrogens is 1. The van der Waals surface area contributed by atoms with Gasteiger partial charge in [0.25, 0.3) is 5.91 Å². The summed E-state index contributed by atoms with van der Waals surface area (Å²) in [6.07, 6.45) is 2.27. The van der Waals surface area contributed by atoms with Gasteiger partial charge in [-0.1, -0.05) is 23.7 Å². The molecule has 0 heterocycles. The van der Waals surface area contributed by atoms with Crippen molar-refractivity contribution in [2.24, 2.45) is 0 Å². The second-order valence-electron chi connectivity index (χ2n) is 5.15. The molecule has 2 N–H and O–H groups in total. The molecule has 1 aromatic carbocycles. The van der Waals surface area contributed by atoms with E-state index in [0.29, 0.717) is 6.04 Å². The van der Waals surface area contributed by atoms with Gasteiger partial charge in [0.05, 0.1) is 7.05 Å². The van der Waals surface area contributed by atoms with Crippen LogP contribution in [0.15, 0.2) is 24.3 Å². The van der Waals surface area contributed by atoms with Crippen molar-refractivity contribution in [3.63, 3.8) is 0 Å². The SMILES string of the molecule is C[C@H](C(=O)NC1CC1)[NH+](C)Cc1ccc(Cl)cc1. The first kappa shape index (κ1) is 13.4. The topological polar surface area (TPSA) is 33.5 Å². The van der Waals surface area contributed by atoms with Crippen LogP contribution in [0.1, 0.15) is 25.3 Å². The average molecular weight is 268 g/mol. The van der Waals surface area contributed by atoms with Gasteiger partial charge in [-0.15, -0.1) is 0 Å². The second kappa shape index (κ2) is 5.72. The number of carbonyl (C=O) groups is 1. The first-order valence-electron chi connectivity index (χ1n) is 6.43. The van der Waals surface area contributed by atoms with E-state index in [1.165, 1.54) is 10.5 Å². The van der Waals surface area contributed by atoms with E-state index in [-0.39, 0.29) is 11.9 Å². The zero-order valence-corrected chi connectivity index (χ0v) is 11.6. The molecule has 0 spiro atoms. The maximum absolute atomic E-state index is 11.9. The molecule has 1 amide bonds. The van der Waals surface area contributed by atoms with E-state index in [9.17, 15) is 4.79 Å². The Labute approximate surface area is 113 Å². The predicted molar refractivity (Wildman–Crippen MR) is 72.7 cm³/mol. The van der Waals surface area contributed by atoms with Gasteiger partial charge in [0.1, 0.15) is 6.54 Å². The highest BCUT2D eigenvalue weighted by Crippen LogP contribution is 2.18. The fraction of sp³-hybridized carbons (Fsp3) is 0.500. The van der Waals surface area contributed by atoms with Crippen LogP contribution in [0, 0.1) is 0 Å². The third-order valence-electron chi connectivity index (χ3n) is 3.45. The standard InChI is InChI=1S/C14H19ClN2O/c1-10(14(18)16-13-7-8-13)17(2)9-11-3-5-12(15)6-4-11/h3-6,10,13H,7-9H2,1-2H3,(H,16,18)/p+1/t10-/m1/s1. The van der Waals surface area contributed by atoms with Crippen molar-refractivity contribution in [1.82, 2.24) is 5.32 Å². The van der Waals surface area contributed by atoms with E-state index in [1.54, 1.807) is 0 Å². The first-order valence-corrected chi connectivity index (χ1v) is 6.81. The molecular formula is C14H20ClN2O+. The van der Waals surface area contributed by atoms with Crippen molar-refractivity contribution in [2.75, 3.05) is 7.05 Å². The molecule has 0 bridgehead atoms. The monoisotopic (exact) mass is 267 g/mol. The van der Waals surface area contributed by atoms with Crippen LogP contribution in [-0.4, -0.2) is 25.0 Å². The van der Waals surface area contributed by atoms with E-state index < -0.39 is 0 Å². The van der Waals surface area contributed by atoms with Gasteiger partial charge in [0.2, 0.25) is 0 Å². The van der Waals surface area contributed by atoms with Gasteiger partial charge in [-0.2, -0.15) is 0 Å². The summed E-state index contributed by atoms with van der Waals surface area (Å²) >= 11 is 5.85. The minimum absolute atomic E-state index is 0.0266. The summed E-state index contributed by atoms with van der Waals surface area (Å²) in [5.74, 6) is 0.156. The summed E-state index contributed by atoms with van der Waals surface area (Å²) < 4.78 is 0. The van der Waals surface area contributed by atoms with Gasteiger partial charge in [-0.25, -0.2) is 0 Å². The van der Waals surface area contributed by atoms with Crippen molar-refractivity contribution in [3.05, 3.63) is 34.9 Å². The molecule has 0 saturated heterocycles. The highest BCUT2D eigenvalue weighted by molar-refractivity contribution is 6.30. The van der Waals surface area contributed by atoms with Crippen molar-refractivity contribution in [3.8, 4) is 0 Å². The Bertz CT molecular complexity index is 414. The van der Waals surface area contributed by atoms with Gasteiger partial charge in [-0.3, -0.25) is 4.79 Å². The second-order valence-corrected chi connectivity index (χ2v) is 5.59. The Morgan fingerprint density at radius 1 is 1.44 bits per heavy atom. The summed E-state index contributed by atoms with van der Waals surface area (Å²) in [6.45, 7) is 2.80. The molecule has 1 aliphatic rings. The van der Waals surface area contributed by atoms with E-state index >= 15 is 0 Å². The lowest BCUT2D eigenvalue weighted by atomic mass is 10.2.